The number of thiazole rings is 1. The number of nitrogens with zero attached hydrogens (tertiary/aromatic N) is 4. The molecule has 1 N–H and O–H groups in total. The smallest absolute Gasteiger partial charge is 0.245 e. The Labute approximate surface area is 149 Å². The molecule has 1 atom stereocenters. The van der Waals surface area contributed by atoms with Gasteiger partial charge in [-0.15, -0.1) is 11.3 Å². The monoisotopic (exact) mass is 357 g/mol. The molecule has 7 nitrogen and oxygen atoms in total. The van der Waals surface area contributed by atoms with E-state index in [0.29, 0.717) is 6.54 Å². The first-order valence-electron chi connectivity index (χ1n) is 8.24. The number of hydrogen-bond donors (Lipinski definition) is 1. The minimum Gasteiger partial charge on any atom is -0.462 e. The van der Waals surface area contributed by atoms with Crippen LogP contribution in [0, 0.1) is 0 Å². The van der Waals surface area contributed by atoms with E-state index in [9.17, 15) is 4.79 Å². The largest absolute Gasteiger partial charge is 0.462 e. The molecule has 1 fully saturated rings. The van der Waals surface area contributed by atoms with Crippen LogP contribution >= 0.6 is 11.3 Å². The Morgan fingerprint density at radius 1 is 1.44 bits per heavy atom. The summed E-state index contributed by atoms with van der Waals surface area (Å²) in [5, 5.41) is 8.57. The zero-order chi connectivity index (χ0) is 17.2. The highest BCUT2D eigenvalue weighted by Gasteiger charge is 2.30. The third-order valence-electron chi connectivity index (χ3n) is 4.22. The first-order chi connectivity index (χ1) is 12.2. The molecule has 130 valence electrons. The van der Waals surface area contributed by atoms with Crippen molar-refractivity contribution in [2.24, 2.45) is 7.05 Å². The van der Waals surface area contributed by atoms with Gasteiger partial charge in [0.2, 0.25) is 5.91 Å². The number of aryl methyl sites for hydroxylation is 1. The van der Waals surface area contributed by atoms with Crippen molar-refractivity contribution in [2.45, 2.75) is 25.4 Å². The van der Waals surface area contributed by atoms with Crippen LogP contribution in [-0.4, -0.2) is 33.3 Å². The van der Waals surface area contributed by atoms with E-state index in [1.165, 1.54) is 0 Å². The Bertz CT molecular complexity index is 854. The van der Waals surface area contributed by atoms with Gasteiger partial charge < -0.3 is 9.73 Å². The van der Waals surface area contributed by atoms with Crippen molar-refractivity contribution in [1.29, 1.82) is 0 Å². The van der Waals surface area contributed by atoms with Gasteiger partial charge in [-0.05, 0) is 25.0 Å². The van der Waals surface area contributed by atoms with Gasteiger partial charge in [0.1, 0.15) is 0 Å². The second-order valence-electron chi connectivity index (χ2n) is 6.02. The van der Waals surface area contributed by atoms with Gasteiger partial charge in [-0.25, -0.2) is 4.98 Å². The lowest BCUT2D eigenvalue weighted by Gasteiger charge is -2.31. The Kier molecular flexibility index (Phi) is 4.37. The normalized spacial score (nSPS) is 18.0. The van der Waals surface area contributed by atoms with Crippen molar-refractivity contribution in [1.82, 2.24) is 20.1 Å². The maximum Gasteiger partial charge on any atom is 0.245 e. The lowest BCUT2D eigenvalue weighted by Crippen LogP contribution is -2.50. The Hall–Kier alpha value is -2.45. The van der Waals surface area contributed by atoms with Crippen LogP contribution in [0.1, 0.15) is 17.7 Å². The first kappa shape index (κ1) is 16.0. The fraction of sp³-hybridized carbons (Fsp3) is 0.353. The second kappa shape index (κ2) is 6.81. The van der Waals surface area contributed by atoms with Crippen LogP contribution in [-0.2, 0) is 18.4 Å². The maximum absolute atomic E-state index is 12.7. The molecule has 4 heterocycles. The number of anilines is 1. The summed E-state index contributed by atoms with van der Waals surface area (Å²) in [7, 11) is 1.86. The van der Waals surface area contributed by atoms with Crippen LogP contribution in [0.2, 0.25) is 0 Å². The average molecular weight is 357 g/mol. The van der Waals surface area contributed by atoms with E-state index in [1.807, 2.05) is 37.6 Å². The molecule has 0 aliphatic carbocycles. The van der Waals surface area contributed by atoms with E-state index < -0.39 is 0 Å². The predicted molar refractivity (Wildman–Crippen MR) is 95.2 cm³/mol. The maximum atomic E-state index is 12.7. The van der Waals surface area contributed by atoms with Gasteiger partial charge in [0, 0.05) is 43.5 Å². The van der Waals surface area contributed by atoms with Crippen LogP contribution in [0.15, 0.2) is 41.3 Å². The van der Waals surface area contributed by atoms with Crippen LogP contribution in [0.4, 0.5) is 5.82 Å². The molecule has 1 aliphatic rings. The molecule has 0 spiro atoms. The number of carbonyl (C=O) groups excluding carboxylic acids is 1. The highest BCUT2D eigenvalue weighted by Crippen LogP contribution is 2.26. The summed E-state index contributed by atoms with van der Waals surface area (Å²) in [5.41, 5.74) is 0. The van der Waals surface area contributed by atoms with Crippen molar-refractivity contribution in [3.05, 3.63) is 41.7 Å². The van der Waals surface area contributed by atoms with E-state index in [1.54, 1.807) is 27.2 Å². The first-order valence-corrected chi connectivity index (χ1v) is 9.05. The standard InChI is InChI=1S/C17H19N5O2S/c1-21-8-6-15(20-21)22-7-2-4-13(17(22)23)18-10-12-11-19-16(25-12)14-5-3-9-24-14/h3,5-6,8-9,11,13,18H,2,4,7,10H2,1H3. The number of rotatable bonds is 5. The van der Waals surface area contributed by atoms with Gasteiger partial charge in [0.05, 0.1) is 12.3 Å². The molecule has 0 aromatic carbocycles. The molecule has 0 bridgehead atoms. The van der Waals surface area contributed by atoms with Crippen molar-refractivity contribution in [3.63, 3.8) is 0 Å². The summed E-state index contributed by atoms with van der Waals surface area (Å²) >= 11 is 1.57. The summed E-state index contributed by atoms with van der Waals surface area (Å²) < 4.78 is 7.08. The van der Waals surface area contributed by atoms with Crippen LogP contribution in [0.5, 0.6) is 0 Å². The number of nitrogens with one attached hydrogen (secondary N) is 1. The van der Waals surface area contributed by atoms with E-state index in [-0.39, 0.29) is 11.9 Å². The molecule has 3 aromatic heterocycles. The molecule has 1 aliphatic heterocycles. The lowest BCUT2D eigenvalue weighted by molar-refractivity contribution is -0.121. The lowest BCUT2D eigenvalue weighted by atomic mass is 10.0. The van der Waals surface area contributed by atoms with E-state index in [2.05, 4.69) is 15.4 Å². The fourth-order valence-corrected chi connectivity index (χ4v) is 3.80. The summed E-state index contributed by atoms with van der Waals surface area (Å²) in [4.78, 5) is 20.0. The van der Waals surface area contributed by atoms with Crippen LogP contribution in [0.25, 0.3) is 10.8 Å². The quantitative estimate of drug-likeness (QED) is 0.759. The minimum absolute atomic E-state index is 0.0840. The number of aromatic nitrogens is 3. The molecule has 4 rings (SSSR count). The zero-order valence-corrected chi connectivity index (χ0v) is 14.7. The molecular formula is C17H19N5O2S. The number of carbonyl (C=O) groups is 1. The Morgan fingerprint density at radius 2 is 2.36 bits per heavy atom. The molecule has 1 unspecified atom stereocenters. The summed E-state index contributed by atoms with van der Waals surface area (Å²) in [6.07, 6.45) is 7.13. The van der Waals surface area contributed by atoms with Crippen molar-refractivity contribution in [3.8, 4) is 10.8 Å². The average Bonchev–Trinajstić information content (AvgIpc) is 3.35. The van der Waals surface area contributed by atoms with Gasteiger partial charge in [-0.3, -0.25) is 14.4 Å². The highest BCUT2D eigenvalue weighted by molar-refractivity contribution is 7.14. The van der Waals surface area contributed by atoms with Gasteiger partial charge in [0.25, 0.3) is 0 Å². The molecule has 0 radical (unpaired) electrons. The van der Waals surface area contributed by atoms with E-state index >= 15 is 0 Å². The number of furan rings is 1. The van der Waals surface area contributed by atoms with Gasteiger partial charge in [-0.2, -0.15) is 5.10 Å². The number of amides is 1. The molecule has 1 amide bonds. The Morgan fingerprint density at radius 3 is 3.12 bits per heavy atom. The topological polar surface area (TPSA) is 76.2 Å². The highest BCUT2D eigenvalue weighted by atomic mass is 32.1. The van der Waals surface area contributed by atoms with Gasteiger partial charge >= 0.3 is 0 Å². The van der Waals surface area contributed by atoms with E-state index in [0.717, 1.165) is 40.8 Å². The SMILES string of the molecule is Cn1ccc(N2CCCC(NCc3cnc(-c4ccco4)s3)C2=O)n1. The summed E-state index contributed by atoms with van der Waals surface area (Å²) in [5.74, 6) is 1.57. The predicted octanol–water partition coefficient (Wildman–Crippen LogP) is 2.42. The Balaban J connectivity index is 1.40. The molecule has 1 saturated heterocycles. The third-order valence-corrected chi connectivity index (χ3v) is 5.23. The van der Waals surface area contributed by atoms with Crippen molar-refractivity contribution in [2.75, 3.05) is 11.4 Å². The molecule has 3 aromatic rings. The van der Waals surface area contributed by atoms with Crippen LogP contribution in [0.3, 0.4) is 0 Å². The zero-order valence-electron chi connectivity index (χ0n) is 13.9. The molecule has 0 saturated carbocycles. The number of hydrogen-bond acceptors (Lipinski definition) is 6. The van der Waals surface area contributed by atoms with Crippen LogP contribution < -0.4 is 10.2 Å². The fourth-order valence-electron chi connectivity index (χ4n) is 2.97. The minimum atomic E-state index is -0.190. The van der Waals surface area contributed by atoms with Crippen molar-refractivity contribution >= 4 is 23.1 Å². The third kappa shape index (κ3) is 3.35. The van der Waals surface area contributed by atoms with E-state index in [4.69, 9.17) is 4.42 Å². The molecule has 25 heavy (non-hydrogen) atoms. The second-order valence-corrected chi connectivity index (χ2v) is 7.14. The summed E-state index contributed by atoms with van der Waals surface area (Å²) in [6.45, 7) is 1.34. The summed E-state index contributed by atoms with van der Waals surface area (Å²) in [6, 6.07) is 5.43. The van der Waals surface area contributed by atoms with Gasteiger partial charge in [0.15, 0.2) is 16.6 Å². The van der Waals surface area contributed by atoms with Gasteiger partial charge in [-0.1, -0.05) is 0 Å². The number of piperidine rings is 1. The van der Waals surface area contributed by atoms with Crippen molar-refractivity contribution < 1.29 is 9.21 Å². The molecular weight excluding hydrogens is 338 g/mol. The molecule has 8 heteroatoms.